The Morgan fingerprint density at radius 1 is 1.25 bits per heavy atom. The summed E-state index contributed by atoms with van der Waals surface area (Å²) >= 11 is 0. The Balaban J connectivity index is 1.81. The van der Waals surface area contributed by atoms with Gasteiger partial charge in [-0.3, -0.25) is 4.79 Å². The topological polar surface area (TPSA) is 52.9 Å². The summed E-state index contributed by atoms with van der Waals surface area (Å²) in [5, 5.41) is 11.8. The number of benzene rings is 1. The maximum Gasteiger partial charge on any atom is 0.224 e. The maximum absolute atomic E-state index is 12.0. The number of carbonyl (C=O) groups excluding carboxylic acids is 1. The van der Waals surface area contributed by atoms with Crippen LogP contribution < -0.4 is 5.32 Å². The van der Waals surface area contributed by atoms with E-state index in [1.165, 1.54) is 32.1 Å². The number of nitrogens with one attached hydrogen (secondary N) is 1. The lowest BCUT2D eigenvalue weighted by Gasteiger charge is -2.33. The van der Waals surface area contributed by atoms with E-state index in [1.54, 1.807) is 12.1 Å². The lowest BCUT2D eigenvalue weighted by atomic mass is 9.76. The van der Waals surface area contributed by atoms with Crippen LogP contribution in [-0.2, 0) is 11.2 Å². The van der Waals surface area contributed by atoms with Crippen molar-refractivity contribution < 1.29 is 4.79 Å². The molecule has 0 bridgehead atoms. The van der Waals surface area contributed by atoms with Gasteiger partial charge in [-0.05, 0) is 36.0 Å². The van der Waals surface area contributed by atoms with Gasteiger partial charge in [-0.2, -0.15) is 5.26 Å². The fourth-order valence-electron chi connectivity index (χ4n) is 2.84. The first-order valence-corrected chi connectivity index (χ1v) is 7.37. The van der Waals surface area contributed by atoms with E-state index in [0.29, 0.717) is 12.0 Å². The smallest absolute Gasteiger partial charge is 0.224 e. The van der Waals surface area contributed by atoms with Crippen molar-refractivity contribution in [2.24, 2.45) is 5.41 Å². The van der Waals surface area contributed by atoms with E-state index in [2.05, 4.69) is 18.3 Å². The zero-order chi connectivity index (χ0) is 14.4. The minimum atomic E-state index is 0.0708. The highest BCUT2D eigenvalue weighted by atomic mass is 16.1. The predicted octanol–water partition coefficient (Wildman–Crippen LogP) is 3.19. The van der Waals surface area contributed by atoms with Gasteiger partial charge in [0.05, 0.1) is 18.1 Å². The van der Waals surface area contributed by atoms with Crippen LogP contribution in [0.25, 0.3) is 0 Å². The highest BCUT2D eigenvalue weighted by Crippen LogP contribution is 2.34. The van der Waals surface area contributed by atoms with Gasteiger partial charge in [-0.15, -0.1) is 0 Å². The van der Waals surface area contributed by atoms with Gasteiger partial charge < -0.3 is 5.32 Å². The summed E-state index contributed by atoms with van der Waals surface area (Å²) in [7, 11) is 0. The van der Waals surface area contributed by atoms with Crippen LogP contribution >= 0.6 is 0 Å². The molecule has 1 amide bonds. The molecule has 1 aliphatic rings. The van der Waals surface area contributed by atoms with Crippen molar-refractivity contribution in [3.8, 4) is 6.07 Å². The molecule has 0 atom stereocenters. The second-order valence-electron chi connectivity index (χ2n) is 6.13. The van der Waals surface area contributed by atoms with Crippen LogP contribution in [-0.4, -0.2) is 12.5 Å². The molecule has 1 N–H and O–H groups in total. The third-order valence-corrected chi connectivity index (χ3v) is 4.22. The molecule has 0 aliphatic heterocycles. The quantitative estimate of drug-likeness (QED) is 0.913. The van der Waals surface area contributed by atoms with Gasteiger partial charge in [0, 0.05) is 6.54 Å². The molecule has 1 saturated carbocycles. The van der Waals surface area contributed by atoms with E-state index in [-0.39, 0.29) is 11.3 Å². The Morgan fingerprint density at radius 2 is 1.90 bits per heavy atom. The Hall–Kier alpha value is -1.82. The van der Waals surface area contributed by atoms with Crippen LogP contribution in [0.5, 0.6) is 0 Å². The first kappa shape index (κ1) is 14.6. The van der Waals surface area contributed by atoms with Gasteiger partial charge in [-0.25, -0.2) is 0 Å². The van der Waals surface area contributed by atoms with E-state index in [9.17, 15) is 4.79 Å². The average Bonchev–Trinajstić information content (AvgIpc) is 2.47. The molecule has 0 saturated heterocycles. The molecule has 1 aromatic carbocycles. The van der Waals surface area contributed by atoms with Crippen molar-refractivity contribution in [3.63, 3.8) is 0 Å². The maximum atomic E-state index is 12.0. The molecule has 0 unspecified atom stereocenters. The van der Waals surface area contributed by atoms with E-state index in [4.69, 9.17) is 5.26 Å². The average molecular weight is 270 g/mol. The lowest BCUT2D eigenvalue weighted by molar-refractivity contribution is -0.121. The normalized spacial score (nSPS) is 17.2. The molecule has 0 spiro atoms. The van der Waals surface area contributed by atoms with Crippen LogP contribution in [0, 0.1) is 16.7 Å². The molecule has 1 aliphatic carbocycles. The van der Waals surface area contributed by atoms with Crippen LogP contribution in [0.3, 0.4) is 0 Å². The Morgan fingerprint density at radius 3 is 2.50 bits per heavy atom. The van der Waals surface area contributed by atoms with Gasteiger partial charge in [-0.1, -0.05) is 38.3 Å². The van der Waals surface area contributed by atoms with Crippen molar-refractivity contribution in [2.75, 3.05) is 6.54 Å². The fourth-order valence-corrected chi connectivity index (χ4v) is 2.84. The van der Waals surface area contributed by atoms with Crippen molar-refractivity contribution in [1.82, 2.24) is 5.32 Å². The Labute approximate surface area is 121 Å². The predicted molar refractivity (Wildman–Crippen MR) is 79.1 cm³/mol. The molecule has 0 heterocycles. The molecule has 3 heteroatoms. The number of hydrogen-bond acceptors (Lipinski definition) is 2. The first-order valence-electron chi connectivity index (χ1n) is 7.37. The third kappa shape index (κ3) is 4.09. The first-order chi connectivity index (χ1) is 9.61. The SMILES string of the molecule is CC1(CNC(=O)Cc2ccc(C#N)cc2)CCCCC1. The van der Waals surface area contributed by atoms with Crippen LogP contribution in [0.2, 0.25) is 0 Å². The fraction of sp³-hybridized carbons (Fsp3) is 0.529. The Bertz CT molecular complexity index is 493. The van der Waals surface area contributed by atoms with Crippen LogP contribution in [0.4, 0.5) is 0 Å². The van der Waals surface area contributed by atoms with E-state index in [1.807, 2.05) is 12.1 Å². The third-order valence-electron chi connectivity index (χ3n) is 4.22. The van der Waals surface area contributed by atoms with Gasteiger partial charge in [0.1, 0.15) is 0 Å². The summed E-state index contributed by atoms with van der Waals surface area (Å²) < 4.78 is 0. The monoisotopic (exact) mass is 270 g/mol. The molecule has 0 radical (unpaired) electrons. The molecular weight excluding hydrogens is 248 g/mol. The number of nitrogens with zero attached hydrogens (tertiary/aromatic N) is 1. The van der Waals surface area contributed by atoms with Crippen molar-refractivity contribution in [3.05, 3.63) is 35.4 Å². The van der Waals surface area contributed by atoms with Gasteiger partial charge in [0.15, 0.2) is 0 Å². The summed E-state index contributed by atoms with van der Waals surface area (Å²) in [6, 6.07) is 9.29. The number of carbonyl (C=O) groups is 1. The zero-order valence-electron chi connectivity index (χ0n) is 12.1. The number of hydrogen-bond donors (Lipinski definition) is 1. The van der Waals surface area contributed by atoms with Crippen molar-refractivity contribution >= 4 is 5.91 Å². The second kappa shape index (κ2) is 6.56. The molecule has 20 heavy (non-hydrogen) atoms. The Kier molecular flexibility index (Phi) is 4.79. The molecule has 2 rings (SSSR count). The van der Waals surface area contributed by atoms with E-state index < -0.39 is 0 Å². The molecule has 1 aromatic rings. The summed E-state index contributed by atoms with van der Waals surface area (Å²) in [4.78, 5) is 12.0. The van der Waals surface area contributed by atoms with Crippen molar-refractivity contribution in [1.29, 1.82) is 5.26 Å². The van der Waals surface area contributed by atoms with Gasteiger partial charge >= 0.3 is 0 Å². The minimum absolute atomic E-state index is 0.0708. The molecule has 106 valence electrons. The summed E-state index contributed by atoms with van der Waals surface area (Å²) in [5.74, 6) is 0.0708. The highest BCUT2D eigenvalue weighted by Gasteiger charge is 2.26. The number of rotatable bonds is 4. The molecular formula is C17H22N2O. The molecule has 0 aromatic heterocycles. The zero-order valence-corrected chi connectivity index (χ0v) is 12.1. The standard InChI is InChI=1S/C17H22N2O/c1-17(9-3-2-4-10-17)13-19-16(20)11-14-5-7-15(12-18)8-6-14/h5-8H,2-4,9-11,13H2,1H3,(H,19,20). The summed E-state index contributed by atoms with van der Waals surface area (Å²) in [5.41, 5.74) is 1.86. The van der Waals surface area contributed by atoms with Gasteiger partial charge in [0.2, 0.25) is 5.91 Å². The highest BCUT2D eigenvalue weighted by molar-refractivity contribution is 5.78. The lowest BCUT2D eigenvalue weighted by Crippen LogP contribution is -2.37. The second-order valence-corrected chi connectivity index (χ2v) is 6.13. The minimum Gasteiger partial charge on any atom is -0.355 e. The largest absolute Gasteiger partial charge is 0.355 e. The van der Waals surface area contributed by atoms with Gasteiger partial charge in [0.25, 0.3) is 0 Å². The van der Waals surface area contributed by atoms with E-state index in [0.717, 1.165) is 12.1 Å². The summed E-state index contributed by atoms with van der Waals surface area (Å²) in [6.07, 6.45) is 6.70. The van der Waals surface area contributed by atoms with Crippen molar-refractivity contribution in [2.45, 2.75) is 45.4 Å². The summed E-state index contributed by atoms with van der Waals surface area (Å²) in [6.45, 7) is 3.05. The molecule has 1 fully saturated rings. The van der Waals surface area contributed by atoms with Crippen LogP contribution in [0.1, 0.15) is 50.2 Å². The van der Waals surface area contributed by atoms with Crippen LogP contribution in [0.15, 0.2) is 24.3 Å². The number of nitriles is 1. The molecule has 3 nitrogen and oxygen atoms in total. The van der Waals surface area contributed by atoms with E-state index >= 15 is 0 Å². The number of amides is 1.